The van der Waals surface area contributed by atoms with Gasteiger partial charge in [-0.2, -0.15) is 0 Å². The first-order chi connectivity index (χ1) is 13.3. The van der Waals surface area contributed by atoms with Crippen LogP contribution in [0, 0.1) is 17.6 Å². The lowest BCUT2D eigenvalue weighted by molar-refractivity contribution is -0.137. The largest absolute Gasteiger partial charge is 0.481 e. The number of hydrogen-bond donors (Lipinski definition) is 1. The second-order valence-electron chi connectivity index (χ2n) is 8.32. The van der Waals surface area contributed by atoms with Crippen molar-refractivity contribution in [3.8, 4) is 0 Å². The van der Waals surface area contributed by atoms with E-state index in [1.165, 1.54) is 12.1 Å². The van der Waals surface area contributed by atoms with E-state index in [0.717, 1.165) is 51.1 Å². The molecule has 156 valence electrons. The molecule has 0 amide bonds. The molecule has 5 nitrogen and oxygen atoms in total. The fourth-order valence-corrected chi connectivity index (χ4v) is 4.82. The molecule has 0 unspecified atom stereocenters. The standard InChI is InChI=1S/C21H31F2N3O2/c1-24(2)20-9-12-26(14-15(20)3-6-21(27)28)16-7-10-25(11-8-16)17-4-5-18(22)19(23)13-17/h4-5,13,15-16,20H,3,6-12,14H2,1-2H3,(H,27,28)/t15-,20+/m1/s1. The van der Waals surface area contributed by atoms with Gasteiger partial charge in [-0.3, -0.25) is 9.69 Å². The highest BCUT2D eigenvalue weighted by atomic mass is 19.2. The van der Waals surface area contributed by atoms with Gasteiger partial charge in [0.25, 0.3) is 0 Å². The van der Waals surface area contributed by atoms with Crippen molar-refractivity contribution in [1.29, 1.82) is 0 Å². The molecule has 1 aromatic rings. The van der Waals surface area contributed by atoms with Gasteiger partial charge in [-0.1, -0.05) is 0 Å². The molecule has 1 N–H and O–H groups in total. The first-order valence-electron chi connectivity index (χ1n) is 10.2. The summed E-state index contributed by atoms with van der Waals surface area (Å²) in [6.45, 7) is 3.61. The van der Waals surface area contributed by atoms with Crippen molar-refractivity contribution in [2.24, 2.45) is 5.92 Å². The number of piperidine rings is 2. The Morgan fingerprint density at radius 1 is 1.14 bits per heavy atom. The molecule has 2 aliphatic heterocycles. The topological polar surface area (TPSA) is 47.0 Å². The van der Waals surface area contributed by atoms with Gasteiger partial charge in [0.15, 0.2) is 11.6 Å². The summed E-state index contributed by atoms with van der Waals surface area (Å²) in [6, 6.07) is 5.01. The van der Waals surface area contributed by atoms with E-state index in [1.54, 1.807) is 6.07 Å². The average molecular weight is 395 g/mol. The molecule has 2 saturated heterocycles. The Morgan fingerprint density at radius 2 is 1.86 bits per heavy atom. The molecule has 0 saturated carbocycles. The Bertz CT molecular complexity index is 678. The number of rotatable bonds is 6. The van der Waals surface area contributed by atoms with Gasteiger partial charge in [-0.25, -0.2) is 8.78 Å². The van der Waals surface area contributed by atoms with Crippen molar-refractivity contribution in [2.75, 3.05) is 45.2 Å². The molecule has 28 heavy (non-hydrogen) atoms. The highest BCUT2D eigenvalue weighted by Crippen LogP contribution is 2.30. The Kier molecular flexibility index (Phi) is 6.88. The van der Waals surface area contributed by atoms with Crippen LogP contribution in [0.1, 0.15) is 32.1 Å². The van der Waals surface area contributed by atoms with Crippen LogP contribution in [0.5, 0.6) is 0 Å². The van der Waals surface area contributed by atoms with E-state index in [1.807, 2.05) is 0 Å². The normalized spacial score (nSPS) is 24.7. The quantitative estimate of drug-likeness (QED) is 0.802. The summed E-state index contributed by atoms with van der Waals surface area (Å²) in [6.07, 6.45) is 3.95. The van der Waals surface area contributed by atoms with Crippen LogP contribution in [0.25, 0.3) is 0 Å². The molecule has 2 fully saturated rings. The summed E-state index contributed by atoms with van der Waals surface area (Å²) in [5, 5.41) is 9.07. The van der Waals surface area contributed by atoms with Crippen LogP contribution >= 0.6 is 0 Å². The predicted molar refractivity (Wildman–Crippen MR) is 106 cm³/mol. The molecule has 2 heterocycles. The van der Waals surface area contributed by atoms with Crippen molar-refractivity contribution in [3.05, 3.63) is 29.8 Å². The van der Waals surface area contributed by atoms with E-state index in [9.17, 15) is 13.6 Å². The Morgan fingerprint density at radius 3 is 2.46 bits per heavy atom. The molecular weight excluding hydrogens is 364 g/mol. The summed E-state index contributed by atoms with van der Waals surface area (Å²) in [7, 11) is 4.16. The van der Waals surface area contributed by atoms with E-state index in [0.29, 0.717) is 24.4 Å². The summed E-state index contributed by atoms with van der Waals surface area (Å²) < 4.78 is 26.7. The van der Waals surface area contributed by atoms with Crippen molar-refractivity contribution in [2.45, 2.75) is 44.2 Å². The van der Waals surface area contributed by atoms with E-state index < -0.39 is 17.6 Å². The fourth-order valence-electron chi connectivity index (χ4n) is 4.82. The monoisotopic (exact) mass is 395 g/mol. The second kappa shape index (κ2) is 9.18. The summed E-state index contributed by atoms with van der Waals surface area (Å²) >= 11 is 0. The third-order valence-corrected chi connectivity index (χ3v) is 6.37. The molecule has 3 rings (SSSR count). The van der Waals surface area contributed by atoms with Gasteiger partial charge in [-0.15, -0.1) is 0 Å². The third-order valence-electron chi connectivity index (χ3n) is 6.37. The van der Waals surface area contributed by atoms with Crippen LogP contribution in [-0.4, -0.2) is 73.2 Å². The molecule has 0 radical (unpaired) electrons. The minimum absolute atomic E-state index is 0.220. The van der Waals surface area contributed by atoms with Gasteiger partial charge in [0.05, 0.1) is 0 Å². The lowest BCUT2D eigenvalue weighted by Crippen LogP contribution is -2.54. The summed E-state index contributed by atoms with van der Waals surface area (Å²) in [4.78, 5) is 17.9. The molecular formula is C21H31F2N3O2. The van der Waals surface area contributed by atoms with Crippen LogP contribution < -0.4 is 4.90 Å². The van der Waals surface area contributed by atoms with E-state index >= 15 is 0 Å². The van der Waals surface area contributed by atoms with Crippen LogP contribution in [0.4, 0.5) is 14.5 Å². The number of likely N-dealkylation sites (tertiary alicyclic amines) is 1. The molecule has 0 bridgehead atoms. The number of carbonyl (C=O) groups is 1. The zero-order valence-corrected chi connectivity index (χ0v) is 16.8. The molecule has 0 spiro atoms. The van der Waals surface area contributed by atoms with Crippen molar-refractivity contribution in [3.63, 3.8) is 0 Å². The lowest BCUT2D eigenvalue weighted by Gasteiger charge is -2.47. The lowest BCUT2D eigenvalue weighted by atomic mass is 9.86. The maximum absolute atomic E-state index is 13.5. The number of nitrogens with zero attached hydrogens (tertiary/aromatic N) is 3. The van der Waals surface area contributed by atoms with Crippen molar-refractivity contribution in [1.82, 2.24) is 9.80 Å². The highest BCUT2D eigenvalue weighted by molar-refractivity contribution is 5.66. The maximum atomic E-state index is 13.5. The summed E-state index contributed by atoms with van der Waals surface area (Å²) in [5.74, 6) is -1.97. The van der Waals surface area contributed by atoms with E-state index in [-0.39, 0.29) is 6.42 Å². The Hall–Kier alpha value is -1.73. The second-order valence-corrected chi connectivity index (χ2v) is 8.32. The molecule has 0 aromatic heterocycles. The number of halogens is 2. The SMILES string of the molecule is CN(C)[C@H]1CCN(C2CCN(c3ccc(F)c(F)c3)CC2)C[C@H]1CCC(=O)O. The maximum Gasteiger partial charge on any atom is 0.303 e. The van der Waals surface area contributed by atoms with Crippen LogP contribution in [-0.2, 0) is 4.79 Å². The minimum Gasteiger partial charge on any atom is -0.481 e. The Labute approximate surface area is 165 Å². The Balaban J connectivity index is 1.57. The van der Waals surface area contributed by atoms with E-state index in [2.05, 4.69) is 28.8 Å². The van der Waals surface area contributed by atoms with E-state index in [4.69, 9.17) is 5.11 Å². The first-order valence-corrected chi connectivity index (χ1v) is 10.2. The zero-order valence-electron chi connectivity index (χ0n) is 16.8. The minimum atomic E-state index is -0.810. The predicted octanol–water partition coefficient (Wildman–Crippen LogP) is 3.05. The van der Waals surface area contributed by atoms with Gasteiger partial charge in [0, 0.05) is 49.9 Å². The average Bonchev–Trinajstić information content (AvgIpc) is 2.68. The van der Waals surface area contributed by atoms with Gasteiger partial charge >= 0.3 is 5.97 Å². The first kappa shape index (κ1) is 21.0. The van der Waals surface area contributed by atoms with Gasteiger partial charge < -0.3 is 14.9 Å². The third kappa shape index (κ3) is 5.00. The number of benzene rings is 1. The van der Waals surface area contributed by atoms with Crippen molar-refractivity contribution < 1.29 is 18.7 Å². The molecule has 7 heteroatoms. The number of aliphatic carboxylic acids is 1. The van der Waals surface area contributed by atoms with Crippen LogP contribution in [0.3, 0.4) is 0 Å². The van der Waals surface area contributed by atoms with Gasteiger partial charge in [-0.05, 0) is 64.4 Å². The van der Waals surface area contributed by atoms with Gasteiger partial charge in [0.1, 0.15) is 0 Å². The fraction of sp³-hybridized carbons (Fsp3) is 0.667. The molecule has 2 aliphatic rings. The number of carboxylic acid groups (broad SMARTS) is 1. The van der Waals surface area contributed by atoms with Crippen LogP contribution in [0.2, 0.25) is 0 Å². The zero-order chi connectivity index (χ0) is 20.3. The van der Waals surface area contributed by atoms with Crippen LogP contribution in [0.15, 0.2) is 18.2 Å². The number of hydrogen-bond acceptors (Lipinski definition) is 4. The molecule has 2 atom stereocenters. The number of anilines is 1. The highest BCUT2D eigenvalue weighted by Gasteiger charge is 2.34. The molecule has 1 aromatic carbocycles. The molecule has 0 aliphatic carbocycles. The number of carboxylic acids is 1. The summed E-state index contributed by atoms with van der Waals surface area (Å²) in [5.41, 5.74) is 0.739. The van der Waals surface area contributed by atoms with Gasteiger partial charge in [0.2, 0.25) is 0 Å². The van der Waals surface area contributed by atoms with Crippen molar-refractivity contribution >= 4 is 11.7 Å². The smallest absolute Gasteiger partial charge is 0.303 e.